The molecule has 3 saturated carbocycles. The zero-order valence-corrected chi connectivity index (χ0v) is 12.8. The van der Waals surface area contributed by atoms with Crippen molar-refractivity contribution in [3.05, 3.63) is 0 Å². The monoisotopic (exact) mass is 326 g/mol. The van der Waals surface area contributed by atoms with E-state index in [0.717, 1.165) is 13.5 Å². The van der Waals surface area contributed by atoms with Crippen LogP contribution in [0.25, 0.3) is 0 Å². The molecule has 22 heavy (non-hydrogen) atoms. The summed E-state index contributed by atoms with van der Waals surface area (Å²) in [4.78, 5) is 0. The van der Waals surface area contributed by atoms with Crippen molar-refractivity contribution in [3.63, 3.8) is 0 Å². The molecule has 0 heterocycles. The normalized spacial score (nSPS) is 49.6. The van der Waals surface area contributed by atoms with Crippen LogP contribution in [-0.4, -0.2) is 37.1 Å². The molecule has 3 fully saturated rings. The van der Waals surface area contributed by atoms with Crippen molar-refractivity contribution in [3.8, 4) is 0 Å². The lowest BCUT2D eigenvalue weighted by atomic mass is 9.51. The zero-order valence-electron chi connectivity index (χ0n) is 12.8. The average molecular weight is 326 g/mol. The molecule has 0 aromatic rings. The minimum absolute atomic E-state index is 0.0296. The molecule has 7 heteroatoms. The van der Waals surface area contributed by atoms with Gasteiger partial charge in [0.2, 0.25) is 0 Å². The fraction of sp³-hybridized carbons (Fsp3) is 1.00. The first-order valence-corrected chi connectivity index (χ1v) is 7.71. The van der Waals surface area contributed by atoms with E-state index in [9.17, 15) is 22.7 Å². The average Bonchev–Trinajstić information content (AvgIpc) is 2.89. The SMILES string of the molecule is COCOC(F)(C1C(O)C2C3CC(C(C)C3C)C21)C(F)(F)F. The minimum Gasteiger partial charge on any atom is -0.392 e. The number of halogens is 4. The summed E-state index contributed by atoms with van der Waals surface area (Å²) in [7, 11) is 1.14. The van der Waals surface area contributed by atoms with Gasteiger partial charge in [-0.1, -0.05) is 13.8 Å². The molecule has 0 spiro atoms. The van der Waals surface area contributed by atoms with Crippen LogP contribution in [-0.2, 0) is 9.47 Å². The van der Waals surface area contributed by atoms with Gasteiger partial charge in [0.1, 0.15) is 6.79 Å². The van der Waals surface area contributed by atoms with E-state index in [-0.39, 0.29) is 23.7 Å². The Morgan fingerprint density at radius 3 is 2.09 bits per heavy atom. The third-order valence-corrected chi connectivity index (χ3v) is 6.54. The lowest BCUT2D eigenvalue weighted by Crippen LogP contribution is -2.68. The molecule has 2 bridgehead atoms. The van der Waals surface area contributed by atoms with Gasteiger partial charge in [-0.25, -0.2) is 4.39 Å². The largest absolute Gasteiger partial charge is 0.448 e. The van der Waals surface area contributed by atoms with E-state index in [1.54, 1.807) is 0 Å². The molecule has 3 rings (SSSR count). The molecule has 0 aromatic carbocycles. The molecule has 0 aliphatic heterocycles. The van der Waals surface area contributed by atoms with Gasteiger partial charge >= 0.3 is 12.0 Å². The molecule has 0 aromatic heterocycles. The molecule has 0 amide bonds. The Kier molecular flexibility index (Phi) is 3.78. The summed E-state index contributed by atoms with van der Waals surface area (Å²) in [5.74, 6) is -5.27. The van der Waals surface area contributed by atoms with E-state index < -0.39 is 36.8 Å². The first kappa shape index (κ1) is 16.5. The molecule has 3 aliphatic rings. The van der Waals surface area contributed by atoms with Crippen molar-refractivity contribution in [2.45, 2.75) is 38.4 Å². The molecule has 0 radical (unpaired) electrons. The molecule has 0 saturated heterocycles. The maximum atomic E-state index is 14.8. The summed E-state index contributed by atoms with van der Waals surface area (Å²) < 4.78 is 63.5. The number of aliphatic hydroxyl groups is 1. The fourth-order valence-corrected chi connectivity index (χ4v) is 5.40. The summed E-state index contributed by atoms with van der Waals surface area (Å²) >= 11 is 0. The smallest absolute Gasteiger partial charge is 0.392 e. The van der Waals surface area contributed by atoms with Crippen LogP contribution < -0.4 is 0 Å². The third-order valence-electron chi connectivity index (χ3n) is 6.54. The second-order valence-corrected chi connectivity index (χ2v) is 7.15. The first-order valence-electron chi connectivity index (χ1n) is 7.71. The van der Waals surface area contributed by atoms with E-state index in [1.165, 1.54) is 0 Å². The summed E-state index contributed by atoms with van der Waals surface area (Å²) in [5, 5.41) is 10.2. The Labute approximate surface area is 127 Å². The number of hydrogen-bond acceptors (Lipinski definition) is 3. The summed E-state index contributed by atoms with van der Waals surface area (Å²) in [6.07, 6.45) is -5.72. The van der Waals surface area contributed by atoms with Crippen LogP contribution in [0.15, 0.2) is 0 Å². The van der Waals surface area contributed by atoms with E-state index >= 15 is 0 Å². The number of alkyl halides is 4. The van der Waals surface area contributed by atoms with E-state index in [2.05, 4.69) is 16.4 Å². The van der Waals surface area contributed by atoms with Crippen molar-refractivity contribution in [2.75, 3.05) is 13.9 Å². The Bertz CT molecular complexity index is 441. The quantitative estimate of drug-likeness (QED) is 0.638. The molecule has 128 valence electrons. The number of aliphatic hydroxyl groups excluding tert-OH is 1. The first-order chi connectivity index (χ1) is 10.1. The van der Waals surface area contributed by atoms with Crippen LogP contribution in [0, 0.1) is 41.4 Å². The lowest BCUT2D eigenvalue weighted by Gasteiger charge is -2.58. The van der Waals surface area contributed by atoms with Gasteiger partial charge in [0.25, 0.3) is 0 Å². The van der Waals surface area contributed by atoms with Gasteiger partial charge in [0.15, 0.2) is 0 Å². The Hall–Kier alpha value is -0.400. The van der Waals surface area contributed by atoms with Crippen molar-refractivity contribution in [1.82, 2.24) is 0 Å². The topological polar surface area (TPSA) is 38.7 Å². The summed E-state index contributed by atoms with van der Waals surface area (Å²) in [5.41, 5.74) is 0. The van der Waals surface area contributed by atoms with E-state index in [4.69, 9.17) is 0 Å². The molecule has 1 N–H and O–H groups in total. The van der Waals surface area contributed by atoms with Crippen LogP contribution in [0.3, 0.4) is 0 Å². The van der Waals surface area contributed by atoms with Gasteiger partial charge in [-0.05, 0) is 41.9 Å². The maximum absolute atomic E-state index is 14.8. The Morgan fingerprint density at radius 1 is 1.05 bits per heavy atom. The highest BCUT2D eigenvalue weighted by atomic mass is 19.4. The van der Waals surface area contributed by atoms with E-state index in [0.29, 0.717) is 5.92 Å². The molecule has 9 unspecified atom stereocenters. The number of rotatable bonds is 4. The lowest BCUT2D eigenvalue weighted by molar-refractivity contribution is -0.404. The molecular formula is C15H22F4O3. The second kappa shape index (κ2) is 5.05. The van der Waals surface area contributed by atoms with Gasteiger partial charge in [-0.2, -0.15) is 13.2 Å². The van der Waals surface area contributed by atoms with Crippen LogP contribution >= 0.6 is 0 Å². The van der Waals surface area contributed by atoms with Gasteiger partial charge in [-0.15, -0.1) is 0 Å². The van der Waals surface area contributed by atoms with Crippen molar-refractivity contribution < 1.29 is 32.1 Å². The summed E-state index contributed by atoms with van der Waals surface area (Å²) in [6, 6.07) is 0. The molecular weight excluding hydrogens is 304 g/mol. The van der Waals surface area contributed by atoms with Crippen molar-refractivity contribution >= 4 is 0 Å². The van der Waals surface area contributed by atoms with Gasteiger partial charge < -0.3 is 14.6 Å². The zero-order chi connectivity index (χ0) is 16.4. The number of ether oxygens (including phenoxy) is 2. The highest BCUT2D eigenvalue weighted by Crippen LogP contribution is 2.70. The minimum atomic E-state index is -5.20. The van der Waals surface area contributed by atoms with Crippen molar-refractivity contribution in [1.29, 1.82) is 0 Å². The van der Waals surface area contributed by atoms with Crippen molar-refractivity contribution in [2.24, 2.45) is 41.4 Å². The van der Waals surface area contributed by atoms with Gasteiger partial charge in [0, 0.05) is 7.11 Å². The van der Waals surface area contributed by atoms with Crippen LogP contribution in [0.2, 0.25) is 0 Å². The van der Waals surface area contributed by atoms with E-state index in [1.807, 2.05) is 6.92 Å². The summed E-state index contributed by atoms with van der Waals surface area (Å²) in [6.45, 7) is 3.28. The predicted octanol–water partition coefficient (Wildman–Crippen LogP) is 2.98. The van der Waals surface area contributed by atoms with Crippen LogP contribution in [0.4, 0.5) is 17.6 Å². The maximum Gasteiger partial charge on any atom is 0.448 e. The van der Waals surface area contributed by atoms with Crippen LogP contribution in [0.5, 0.6) is 0 Å². The number of methoxy groups -OCH3 is 1. The van der Waals surface area contributed by atoms with Gasteiger partial charge in [-0.3, -0.25) is 0 Å². The Balaban J connectivity index is 1.88. The molecule has 9 atom stereocenters. The Morgan fingerprint density at radius 2 is 1.59 bits per heavy atom. The molecule has 3 aliphatic carbocycles. The predicted molar refractivity (Wildman–Crippen MR) is 69.3 cm³/mol. The number of hydrogen-bond donors (Lipinski definition) is 1. The third kappa shape index (κ3) is 1.91. The number of fused-ring (bicyclic) bond motifs is 5. The standard InChI is InChI=1S/C15H22F4O3/c1-6-7(2)9-4-8(6)10-11(9)13(20)12(10)14(16,15(17,18)19)22-5-21-3/h6-13,20H,4-5H2,1-3H3. The van der Waals surface area contributed by atoms with Gasteiger partial charge in [0.05, 0.1) is 12.0 Å². The second-order valence-electron chi connectivity index (χ2n) is 7.15. The highest BCUT2D eigenvalue weighted by Gasteiger charge is 2.77. The highest BCUT2D eigenvalue weighted by molar-refractivity contribution is 5.17. The molecule has 3 nitrogen and oxygen atoms in total. The fourth-order valence-electron chi connectivity index (χ4n) is 5.40. The van der Waals surface area contributed by atoms with Crippen LogP contribution in [0.1, 0.15) is 20.3 Å².